The van der Waals surface area contributed by atoms with Crippen LogP contribution in [0.5, 0.6) is 0 Å². The Hall–Kier alpha value is -1.05. The Balaban J connectivity index is 0.00000441. The Bertz CT molecular complexity index is 487. The molecule has 0 radical (unpaired) electrons. The SMILES string of the molecule is CCNC(=NCCCCn1ccccc1=O)NC(C)CC.I. The molecule has 0 aliphatic rings. The maximum atomic E-state index is 11.5. The second kappa shape index (κ2) is 12.5. The molecule has 126 valence electrons. The number of rotatable bonds is 8. The zero-order chi connectivity index (χ0) is 15.5. The standard InChI is InChI=1S/C16H28N4O.HI/c1-4-14(3)19-16(17-5-2)18-11-7-9-13-20-12-8-6-10-15(20)21;/h6,8,10,12,14H,4-5,7,9,11,13H2,1-3H3,(H2,17,18,19);1H. The number of aromatic nitrogens is 1. The van der Waals surface area contributed by atoms with Gasteiger partial charge in [-0.05, 0) is 39.2 Å². The molecule has 1 heterocycles. The van der Waals surface area contributed by atoms with E-state index in [9.17, 15) is 4.79 Å². The molecule has 0 aromatic carbocycles. The van der Waals surface area contributed by atoms with Gasteiger partial charge < -0.3 is 15.2 Å². The van der Waals surface area contributed by atoms with Crippen LogP contribution >= 0.6 is 24.0 Å². The van der Waals surface area contributed by atoms with E-state index in [1.165, 1.54) is 0 Å². The Morgan fingerprint density at radius 2 is 2.09 bits per heavy atom. The topological polar surface area (TPSA) is 58.4 Å². The van der Waals surface area contributed by atoms with Crippen molar-refractivity contribution in [2.75, 3.05) is 13.1 Å². The van der Waals surface area contributed by atoms with Crippen LogP contribution in [0.3, 0.4) is 0 Å². The molecule has 1 atom stereocenters. The molecule has 0 fully saturated rings. The summed E-state index contributed by atoms with van der Waals surface area (Å²) in [5.74, 6) is 0.878. The monoisotopic (exact) mass is 420 g/mol. The molecule has 22 heavy (non-hydrogen) atoms. The summed E-state index contributed by atoms with van der Waals surface area (Å²) >= 11 is 0. The van der Waals surface area contributed by atoms with Gasteiger partial charge in [0.2, 0.25) is 5.56 Å². The number of unbranched alkanes of at least 4 members (excludes halogenated alkanes) is 1. The van der Waals surface area contributed by atoms with E-state index < -0.39 is 0 Å². The van der Waals surface area contributed by atoms with E-state index in [2.05, 4.69) is 36.4 Å². The van der Waals surface area contributed by atoms with Gasteiger partial charge in [0.05, 0.1) is 0 Å². The predicted molar refractivity (Wildman–Crippen MR) is 104 cm³/mol. The first-order valence-corrected chi connectivity index (χ1v) is 7.87. The van der Waals surface area contributed by atoms with E-state index in [1.807, 2.05) is 12.3 Å². The molecule has 0 aliphatic heterocycles. The molecule has 1 unspecified atom stereocenters. The van der Waals surface area contributed by atoms with E-state index in [4.69, 9.17) is 0 Å². The van der Waals surface area contributed by atoms with Crippen molar-refractivity contribution in [2.45, 2.75) is 52.6 Å². The zero-order valence-corrected chi connectivity index (χ0v) is 16.2. The molecule has 0 spiro atoms. The third kappa shape index (κ3) is 8.41. The summed E-state index contributed by atoms with van der Waals surface area (Å²) in [7, 11) is 0. The summed E-state index contributed by atoms with van der Waals surface area (Å²) in [6.07, 6.45) is 4.83. The highest BCUT2D eigenvalue weighted by molar-refractivity contribution is 14.0. The number of nitrogens with zero attached hydrogens (tertiary/aromatic N) is 2. The van der Waals surface area contributed by atoms with Gasteiger partial charge in [-0.2, -0.15) is 0 Å². The smallest absolute Gasteiger partial charge is 0.250 e. The molecule has 1 aromatic rings. The summed E-state index contributed by atoms with van der Waals surface area (Å²) in [5.41, 5.74) is 0.0628. The molecule has 0 bridgehead atoms. The van der Waals surface area contributed by atoms with E-state index in [0.29, 0.717) is 6.04 Å². The van der Waals surface area contributed by atoms with Crippen LogP contribution in [0.15, 0.2) is 34.2 Å². The fourth-order valence-electron chi connectivity index (χ4n) is 1.89. The molecule has 1 aromatic heterocycles. The highest BCUT2D eigenvalue weighted by Crippen LogP contribution is 1.95. The molecule has 0 saturated heterocycles. The fourth-order valence-corrected chi connectivity index (χ4v) is 1.89. The average Bonchev–Trinajstić information content (AvgIpc) is 2.48. The minimum Gasteiger partial charge on any atom is -0.357 e. The summed E-state index contributed by atoms with van der Waals surface area (Å²) in [4.78, 5) is 16.1. The number of halogens is 1. The predicted octanol–water partition coefficient (Wildman–Crippen LogP) is 2.60. The molecular formula is C16H29IN4O. The Labute approximate surface area is 150 Å². The van der Waals surface area contributed by atoms with E-state index in [0.717, 1.165) is 44.9 Å². The molecule has 2 N–H and O–H groups in total. The highest BCUT2D eigenvalue weighted by atomic mass is 127. The van der Waals surface area contributed by atoms with Crippen LogP contribution in [-0.4, -0.2) is 29.7 Å². The zero-order valence-electron chi connectivity index (χ0n) is 13.8. The average molecular weight is 420 g/mol. The first-order valence-electron chi connectivity index (χ1n) is 7.87. The first kappa shape index (κ1) is 20.9. The van der Waals surface area contributed by atoms with Crippen LogP contribution in [-0.2, 0) is 6.54 Å². The Morgan fingerprint density at radius 1 is 1.32 bits per heavy atom. The van der Waals surface area contributed by atoms with Crippen molar-refractivity contribution in [3.05, 3.63) is 34.7 Å². The number of pyridine rings is 1. The van der Waals surface area contributed by atoms with Gasteiger partial charge in [-0.3, -0.25) is 9.79 Å². The summed E-state index contributed by atoms with van der Waals surface area (Å²) in [6, 6.07) is 5.67. The lowest BCUT2D eigenvalue weighted by Gasteiger charge is -2.16. The van der Waals surface area contributed by atoms with Gasteiger partial charge in [-0.1, -0.05) is 13.0 Å². The van der Waals surface area contributed by atoms with Crippen LogP contribution in [0.2, 0.25) is 0 Å². The highest BCUT2D eigenvalue weighted by Gasteiger charge is 2.01. The van der Waals surface area contributed by atoms with Gasteiger partial charge in [0.15, 0.2) is 5.96 Å². The largest absolute Gasteiger partial charge is 0.357 e. The van der Waals surface area contributed by atoms with E-state index >= 15 is 0 Å². The Kier molecular flexibility index (Phi) is 11.9. The lowest BCUT2D eigenvalue weighted by atomic mass is 10.3. The van der Waals surface area contributed by atoms with Crippen molar-refractivity contribution in [1.29, 1.82) is 0 Å². The first-order chi connectivity index (χ1) is 10.2. The van der Waals surface area contributed by atoms with Crippen LogP contribution in [0, 0.1) is 0 Å². The molecule has 6 heteroatoms. The van der Waals surface area contributed by atoms with Crippen molar-refractivity contribution < 1.29 is 0 Å². The van der Waals surface area contributed by atoms with Gasteiger partial charge in [0, 0.05) is 37.9 Å². The van der Waals surface area contributed by atoms with Crippen LogP contribution in [0.4, 0.5) is 0 Å². The number of guanidine groups is 1. The van der Waals surface area contributed by atoms with Crippen molar-refractivity contribution >= 4 is 29.9 Å². The van der Waals surface area contributed by atoms with Gasteiger partial charge in [0.25, 0.3) is 0 Å². The molecular weight excluding hydrogens is 391 g/mol. The number of nitrogens with one attached hydrogen (secondary N) is 2. The van der Waals surface area contributed by atoms with Gasteiger partial charge in [0.1, 0.15) is 0 Å². The number of aryl methyl sites for hydroxylation is 1. The lowest BCUT2D eigenvalue weighted by Crippen LogP contribution is -2.42. The van der Waals surface area contributed by atoms with Crippen LogP contribution in [0.25, 0.3) is 0 Å². The molecule has 1 rings (SSSR count). The van der Waals surface area contributed by atoms with Crippen molar-refractivity contribution in [2.24, 2.45) is 4.99 Å². The molecule has 0 saturated carbocycles. The van der Waals surface area contributed by atoms with Crippen molar-refractivity contribution in [1.82, 2.24) is 15.2 Å². The van der Waals surface area contributed by atoms with Crippen molar-refractivity contribution in [3.8, 4) is 0 Å². The summed E-state index contributed by atoms with van der Waals surface area (Å²) in [5, 5.41) is 6.62. The van der Waals surface area contributed by atoms with Crippen LogP contribution in [0.1, 0.15) is 40.0 Å². The third-order valence-electron chi connectivity index (χ3n) is 3.32. The van der Waals surface area contributed by atoms with Crippen molar-refractivity contribution in [3.63, 3.8) is 0 Å². The van der Waals surface area contributed by atoms with Crippen LogP contribution < -0.4 is 16.2 Å². The Morgan fingerprint density at radius 3 is 2.73 bits per heavy atom. The van der Waals surface area contributed by atoms with E-state index in [1.54, 1.807) is 16.7 Å². The molecule has 0 aliphatic carbocycles. The summed E-state index contributed by atoms with van der Waals surface area (Å²) < 4.78 is 1.74. The minimum atomic E-state index is 0. The fraction of sp³-hybridized carbons (Fsp3) is 0.625. The minimum absolute atomic E-state index is 0. The second-order valence-corrected chi connectivity index (χ2v) is 5.15. The van der Waals surface area contributed by atoms with E-state index in [-0.39, 0.29) is 29.5 Å². The van der Waals surface area contributed by atoms with Gasteiger partial charge in [-0.15, -0.1) is 24.0 Å². The number of aliphatic imine (C=N–C) groups is 1. The second-order valence-electron chi connectivity index (χ2n) is 5.15. The lowest BCUT2D eigenvalue weighted by molar-refractivity contribution is 0.593. The van der Waals surface area contributed by atoms with Gasteiger partial charge >= 0.3 is 0 Å². The maximum absolute atomic E-state index is 11.5. The quantitative estimate of drug-likeness (QED) is 0.294. The third-order valence-corrected chi connectivity index (χ3v) is 3.32. The number of hydrogen-bond donors (Lipinski definition) is 2. The van der Waals surface area contributed by atoms with Gasteiger partial charge in [-0.25, -0.2) is 0 Å². The summed E-state index contributed by atoms with van der Waals surface area (Å²) in [6.45, 7) is 8.75. The molecule has 5 nitrogen and oxygen atoms in total. The number of hydrogen-bond acceptors (Lipinski definition) is 2. The maximum Gasteiger partial charge on any atom is 0.250 e. The molecule has 0 amide bonds. The normalized spacial score (nSPS) is 12.4.